The molecular formula is C8H3F3N2O2S2. The lowest BCUT2D eigenvalue weighted by molar-refractivity contribution is -0.383. The number of aromatic nitrogens is 1. The first-order valence-electron chi connectivity index (χ1n) is 4.17. The number of aromatic amines is 1. The minimum absolute atomic E-state index is 0.0259. The number of thiazole rings is 1. The first-order valence-corrected chi connectivity index (χ1v) is 5.40. The van der Waals surface area contributed by atoms with Gasteiger partial charge in [0.05, 0.1) is 15.2 Å². The maximum Gasteiger partial charge on any atom is 0.416 e. The molecule has 17 heavy (non-hydrogen) atoms. The maximum absolute atomic E-state index is 12.5. The Balaban J connectivity index is 2.85. The fourth-order valence-corrected chi connectivity index (χ4v) is 2.51. The fourth-order valence-electron chi connectivity index (χ4n) is 1.34. The lowest BCUT2D eigenvalue weighted by Gasteiger charge is -2.06. The Kier molecular flexibility index (Phi) is 2.66. The highest BCUT2D eigenvalue weighted by atomic mass is 32.1. The molecule has 0 bridgehead atoms. The summed E-state index contributed by atoms with van der Waals surface area (Å²) in [5.41, 5.74) is -1.65. The lowest BCUT2D eigenvalue weighted by Crippen LogP contribution is -2.05. The molecule has 0 aliphatic heterocycles. The molecule has 0 unspecified atom stereocenters. The highest BCUT2D eigenvalue weighted by Gasteiger charge is 2.33. The highest BCUT2D eigenvalue weighted by Crippen LogP contribution is 2.37. The molecule has 0 saturated carbocycles. The average molecular weight is 280 g/mol. The van der Waals surface area contributed by atoms with Gasteiger partial charge in [-0.3, -0.25) is 10.1 Å². The summed E-state index contributed by atoms with van der Waals surface area (Å²) < 4.78 is 37.9. The molecular weight excluding hydrogens is 277 g/mol. The van der Waals surface area contributed by atoms with Crippen molar-refractivity contribution in [2.75, 3.05) is 0 Å². The van der Waals surface area contributed by atoms with E-state index in [1.54, 1.807) is 0 Å². The van der Waals surface area contributed by atoms with Crippen molar-refractivity contribution in [3.05, 3.63) is 31.8 Å². The molecule has 0 saturated heterocycles. The molecule has 1 aromatic carbocycles. The van der Waals surface area contributed by atoms with E-state index in [0.717, 1.165) is 17.4 Å². The monoisotopic (exact) mass is 280 g/mol. The summed E-state index contributed by atoms with van der Waals surface area (Å²) in [5, 5.41) is 10.7. The van der Waals surface area contributed by atoms with Gasteiger partial charge in [-0.05, 0) is 18.3 Å². The van der Waals surface area contributed by atoms with Crippen molar-refractivity contribution in [1.82, 2.24) is 4.98 Å². The van der Waals surface area contributed by atoms with Crippen LogP contribution in [-0.2, 0) is 6.18 Å². The Bertz CT molecular complexity index is 659. The third-order valence-corrected chi connectivity index (χ3v) is 3.22. The number of nitrogens with zero attached hydrogens (tertiary/aromatic N) is 1. The van der Waals surface area contributed by atoms with Gasteiger partial charge in [-0.2, -0.15) is 13.2 Å². The van der Waals surface area contributed by atoms with Crippen LogP contribution in [0.4, 0.5) is 18.9 Å². The molecule has 1 N–H and O–H groups in total. The lowest BCUT2D eigenvalue weighted by atomic mass is 10.2. The third kappa shape index (κ3) is 2.15. The molecule has 90 valence electrons. The standard InChI is InChI=1S/C8H3F3N2O2S2/c9-8(10,11)3-1-4(13(14)15)6-5(2-3)17-7(16)12-6/h1-2H,(H,12,16). The number of nitro benzene ring substituents is 1. The van der Waals surface area contributed by atoms with Gasteiger partial charge in [-0.25, -0.2) is 0 Å². The van der Waals surface area contributed by atoms with Gasteiger partial charge >= 0.3 is 6.18 Å². The van der Waals surface area contributed by atoms with E-state index >= 15 is 0 Å². The van der Waals surface area contributed by atoms with Crippen LogP contribution in [0.2, 0.25) is 0 Å². The summed E-state index contributed by atoms with van der Waals surface area (Å²) in [6, 6.07) is 1.35. The van der Waals surface area contributed by atoms with Crippen molar-refractivity contribution in [2.45, 2.75) is 6.18 Å². The highest BCUT2D eigenvalue weighted by molar-refractivity contribution is 7.73. The fraction of sp³-hybridized carbons (Fsp3) is 0.125. The van der Waals surface area contributed by atoms with Crippen LogP contribution in [0.5, 0.6) is 0 Å². The first kappa shape index (κ1) is 12.0. The van der Waals surface area contributed by atoms with Crippen LogP contribution in [0.15, 0.2) is 12.1 Å². The van der Waals surface area contributed by atoms with Gasteiger partial charge < -0.3 is 4.98 Å². The van der Waals surface area contributed by atoms with E-state index in [9.17, 15) is 23.3 Å². The Labute approximate surface area is 101 Å². The molecule has 1 heterocycles. The average Bonchev–Trinajstić information content (AvgIpc) is 2.54. The number of alkyl halides is 3. The van der Waals surface area contributed by atoms with Gasteiger partial charge in [0, 0.05) is 6.07 Å². The van der Waals surface area contributed by atoms with Crippen molar-refractivity contribution in [1.29, 1.82) is 0 Å². The number of nitro groups is 1. The Hall–Kier alpha value is -1.48. The summed E-state index contributed by atoms with van der Waals surface area (Å²) in [6.07, 6.45) is -4.62. The van der Waals surface area contributed by atoms with Crippen LogP contribution in [0.3, 0.4) is 0 Å². The molecule has 4 nitrogen and oxygen atoms in total. The van der Waals surface area contributed by atoms with Crippen LogP contribution < -0.4 is 0 Å². The maximum atomic E-state index is 12.5. The smallest absolute Gasteiger partial charge is 0.331 e. The number of halogens is 3. The molecule has 1 aromatic heterocycles. The zero-order valence-corrected chi connectivity index (χ0v) is 9.50. The summed E-state index contributed by atoms with van der Waals surface area (Å²) in [4.78, 5) is 12.3. The van der Waals surface area contributed by atoms with Gasteiger partial charge in [0.15, 0.2) is 3.95 Å². The normalized spacial score (nSPS) is 11.9. The second kappa shape index (κ2) is 3.77. The summed E-state index contributed by atoms with van der Waals surface area (Å²) >= 11 is 5.62. The van der Waals surface area contributed by atoms with E-state index in [2.05, 4.69) is 4.98 Å². The summed E-state index contributed by atoms with van der Waals surface area (Å²) in [5.74, 6) is 0. The quantitative estimate of drug-likeness (QED) is 0.490. The number of fused-ring (bicyclic) bond motifs is 1. The minimum atomic E-state index is -4.62. The predicted molar refractivity (Wildman–Crippen MR) is 58.7 cm³/mol. The van der Waals surface area contributed by atoms with Crippen LogP contribution in [-0.4, -0.2) is 9.91 Å². The van der Waals surface area contributed by atoms with Crippen molar-refractivity contribution in [3.63, 3.8) is 0 Å². The molecule has 2 aromatic rings. The molecule has 0 aliphatic rings. The van der Waals surface area contributed by atoms with E-state index in [1.807, 2.05) is 0 Å². The van der Waals surface area contributed by atoms with E-state index in [4.69, 9.17) is 12.2 Å². The molecule has 0 atom stereocenters. The molecule has 0 amide bonds. The zero-order chi connectivity index (χ0) is 12.8. The second-order valence-corrected chi connectivity index (χ2v) is 4.86. The van der Waals surface area contributed by atoms with Gasteiger partial charge in [0.1, 0.15) is 5.52 Å². The second-order valence-electron chi connectivity index (χ2n) is 3.14. The summed E-state index contributed by atoms with van der Waals surface area (Å²) in [7, 11) is 0. The Morgan fingerprint density at radius 1 is 1.41 bits per heavy atom. The number of hydrogen-bond acceptors (Lipinski definition) is 4. The zero-order valence-electron chi connectivity index (χ0n) is 7.87. The van der Waals surface area contributed by atoms with Gasteiger partial charge in [-0.15, -0.1) is 11.3 Å². The topological polar surface area (TPSA) is 58.9 Å². The third-order valence-electron chi connectivity index (χ3n) is 2.04. The van der Waals surface area contributed by atoms with Crippen LogP contribution in [0.25, 0.3) is 10.2 Å². The molecule has 0 fully saturated rings. The molecule has 0 radical (unpaired) electrons. The largest absolute Gasteiger partial charge is 0.416 e. The van der Waals surface area contributed by atoms with Crippen molar-refractivity contribution >= 4 is 39.5 Å². The first-order chi connectivity index (χ1) is 7.79. The van der Waals surface area contributed by atoms with Crippen LogP contribution in [0.1, 0.15) is 5.56 Å². The Morgan fingerprint density at radius 2 is 2.06 bits per heavy atom. The SMILES string of the molecule is O=[N+]([O-])c1cc(C(F)(F)F)cc2sc(=S)[nH]c12. The predicted octanol–water partition coefficient (Wildman–Crippen LogP) is 3.89. The summed E-state index contributed by atoms with van der Waals surface area (Å²) in [6.45, 7) is 0. The number of nitrogens with one attached hydrogen (secondary N) is 1. The number of benzene rings is 1. The van der Waals surface area contributed by atoms with E-state index < -0.39 is 22.4 Å². The Morgan fingerprint density at radius 3 is 2.59 bits per heavy atom. The van der Waals surface area contributed by atoms with E-state index in [0.29, 0.717) is 6.07 Å². The van der Waals surface area contributed by atoms with Gasteiger partial charge in [-0.1, -0.05) is 0 Å². The van der Waals surface area contributed by atoms with Crippen molar-refractivity contribution in [2.24, 2.45) is 0 Å². The van der Waals surface area contributed by atoms with Gasteiger partial charge in [0.2, 0.25) is 0 Å². The molecule has 9 heteroatoms. The number of H-pyrrole nitrogens is 1. The van der Waals surface area contributed by atoms with Crippen molar-refractivity contribution < 1.29 is 18.1 Å². The van der Waals surface area contributed by atoms with E-state index in [-0.39, 0.29) is 14.2 Å². The van der Waals surface area contributed by atoms with Crippen LogP contribution >= 0.6 is 23.6 Å². The minimum Gasteiger partial charge on any atom is -0.331 e. The number of non-ortho nitro benzene ring substituents is 1. The molecule has 2 rings (SSSR count). The van der Waals surface area contributed by atoms with Gasteiger partial charge in [0.25, 0.3) is 5.69 Å². The molecule has 0 aliphatic carbocycles. The number of rotatable bonds is 1. The number of hydrogen-bond donors (Lipinski definition) is 1. The van der Waals surface area contributed by atoms with E-state index in [1.165, 1.54) is 0 Å². The van der Waals surface area contributed by atoms with Crippen molar-refractivity contribution in [3.8, 4) is 0 Å². The van der Waals surface area contributed by atoms with Crippen LogP contribution in [0, 0.1) is 14.1 Å². The molecule has 0 spiro atoms.